The Hall–Kier alpha value is -3.13. The molecule has 1 aromatic carbocycles. The first-order chi connectivity index (χ1) is 12.5. The van der Waals surface area contributed by atoms with E-state index in [0.717, 1.165) is 16.9 Å². The molecule has 3 heterocycles. The zero-order chi connectivity index (χ0) is 18.4. The fourth-order valence-electron chi connectivity index (χ4n) is 2.97. The Bertz CT molecular complexity index is 1170. The normalized spacial score (nSPS) is 11.3. The van der Waals surface area contributed by atoms with E-state index in [2.05, 4.69) is 15.2 Å². The molecular weight excluding hydrogens is 358 g/mol. The first-order valence-corrected chi connectivity index (χ1v) is 8.13. The molecule has 0 unspecified atom stereocenters. The maximum Gasteiger partial charge on any atom is 0.341 e. The van der Waals surface area contributed by atoms with Gasteiger partial charge >= 0.3 is 5.97 Å². The zero-order valence-corrected chi connectivity index (χ0v) is 14.7. The summed E-state index contributed by atoms with van der Waals surface area (Å²) in [6.45, 7) is 0.355. The smallest absolute Gasteiger partial charge is 0.341 e. The number of nitrogens with one attached hydrogen (secondary N) is 1. The summed E-state index contributed by atoms with van der Waals surface area (Å²) >= 11 is 6.03. The van der Waals surface area contributed by atoms with Crippen molar-refractivity contribution in [1.29, 1.82) is 0 Å². The van der Waals surface area contributed by atoms with Gasteiger partial charge in [-0.2, -0.15) is 5.10 Å². The molecule has 26 heavy (non-hydrogen) atoms. The fraction of sp³-hybridized carbons (Fsp3) is 0.176. The van der Waals surface area contributed by atoms with Crippen molar-refractivity contribution in [3.63, 3.8) is 0 Å². The number of pyridine rings is 1. The average molecular weight is 372 g/mol. The third-order valence-corrected chi connectivity index (χ3v) is 4.51. The quantitative estimate of drug-likeness (QED) is 0.556. The number of aromatic amines is 1. The monoisotopic (exact) mass is 371 g/mol. The largest absolute Gasteiger partial charge is 0.465 e. The Labute approximate surface area is 152 Å². The standard InChI is InChI=1S/C17H14ClN5O3/c1-22-13-4-3-9(18)5-12(13)19-14(22)8-23-6-10-15(20-21-16(10)24)11(7-23)17(25)26-2/h3-7H,8H2,1-2H3,(H,21,24). The van der Waals surface area contributed by atoms with Crippen LogP contribution in [0, 0.1) is 0 Å². The van der Waals surface area contributed by atoms with Gasteiger partial charge in [0.05, 0.1) is 30.3 Å². The number of benzene rings is 1. The van der Waals surface area contributed by atoms with Gasteiger partial charge in [-0.05, 0) is 18.2 Å². The lowest BCUT2D eigenvalue weighted by atomic mass is 10.1. The number of halogens is 1. The van der Waals surface area contributed by atoms with Crippen molar-refractivity contribution in [2.75, 3.05) is 7.11 Å². The number of aryl methyl sites for hydroxylation is 1. The van der Waals surface area contributed by atoms with E-state index in [1.165, 1.54) is 7.11 Å². The second-order valence-electron chi connectivity index (χ2n) is 5.87. The van der Waals surface area contributed by atoms with Gasteiger partial charge in [-0.3, -0.25) is 4.79 Å². The van der Waals surface area contributed by atoms with Crippen LogP contribution in [0.3, 0.4) is 0 Å². The molecule has 1 N–H and O–H groups in total. The van der Waals surface area contributed by atoms with Crippen LogP contribution in [-0.4, -0.2) is 37.4 Å². The fourth-order valence-corrected chi connectivity index (χ4v) is 3.13. The highest BCUT2D eigenvalue weighted by atomic mass is 35.5. The van der Waals surface area contributed by atoms with Crippen LogP contribution in [0.2, 0.25) is 5.02 Å². The summed E-state index contributed by atoms with van der Waals surface area (Å²) in [5, 5.41) is 6.88. The van der Waals surface area contributed by atoms with Gasteiger partial charge in [0.25, 0.3) is 5.56 Å². The molecule has 0 spiro atoms. The minimum Gasteiger partial charge on any atom is -0.465 e. The number of aromatic nitrogens is 5. The van der Waals surface area contributed by atoms with Crippen molar-refractivity contribution in [2.45, 2.75) is 6.54 Å². The van der Waals surface area contributed by atoms with Crippen molar-refractivity contribution in [3.8, 4) is 11.3 Å². The molecule has 0 amide bonds. The molecule has 132 valence electrons. The predicted molar refractivity (Wildman–Crippen MR) is 95.6 cm³/mol. The highest BCUT2D eigenvalue weighted by molar-refractivity contribution is 6.31. The van der Waals surface area contributed by atoms with Crippen molar-refractivity contribution >= 4 is 28.6 Å². The summed E-state index contributed by atoms with van der Waals surface area (Å²) < 4.78 is 8.46. The minimum atomic E-state index is -0.562. The number of ether oxygens (including phenoxy) is 1. The summed E-state index contributed by atoms with van der Waals surface area (Å²) in [6, 6.07) is 5.49. The van der Waals surface area contributed by atoms with Crippen LogP contribution in [0.5, 0.6) is 0 Å². The number of rotatable bonds is 3. The number of carbonyl (C=O) groups is 1. The Morgan fingerprint density at radius 3 is 2.92 bits per heavy atom. The molecule has 0 atom stereocenters. The summed E-state index contributed by atoms with van der Waals surface area (Å²) in [6.07, 6.45) is 3.24. The van der Waals surface area contributed by atoms with Crippen molar-refractivity contribution < 1.29 is 9.53 Å². The van der Waals surface area contributed by atoms with Gasteiger partial charge in [0, 0.05) is 24.5 Å². The Morgan fingerprint density at radius 1 is 1.35 bits per heavy atom. The zero-order valence-electron chi connectivity index (χ0n) is 14.0. The molecule has 9 heteroatoms. The molecule has 0 saturated heterocycles. The Morgan fingerprint density at radius 2 is 2.15 bits per heavy atom. The van der Waals surface area contributed by atoms with Gasteiger partial charge in [0.15, 0.2) is 0 Å². The number of hydrogen-bond donors (Lipinski definition) is 1. The first-order valence-electron chi connectivity index (χ1n) is 7.75. The summed E-state index contributed by atoms with van der Waals surface area (Å²) in [7, 11) is 3.18. The number of imidazole rings is 1. The minimum absolute atomic E-state index is 0.213. The second-order valence-corrected chi connectivity index (χ2v) is 6.31. The van der Waals surface area contributed by atoms with E-state index >= 15 is 0 Å². The van der Waals surface area contributed by atoms with E-state index in [0.29, 0.717) is 17.1 Å². The van der Waals surface area contributed by atoms with Crippen LogP contribution < -0.4 is 5.56 Å². The molecule has 8 nitrogen and oxygen atoms in total. The predicted octanol–water partition coefficient (Wildman–Crippen LogP) is 2.05. The lowest BCUT2D eigenvalue weighted by Crippen LogP contribution is -2.14. The summed E-state index contributed by atoms with van der Waals surface area (Å²) in [5.74, 6) is 0.186. The Balaban J connectivity index is 1.84. The first kappa shape index (κ1) is 16.3. The topological polar surface area (TPSA) is 94.8 Å². The molecule has 0 bridgehead atoms. The second kappa shape index (κ2) is 5.99. The van der Waals surface area contributed by atoms with Crippen LogP contribution in [0.25, 0.3) is 22.3 Å². The van der Waals surface area contributed by atoms with Crippen molar-refractivity contribution in [1.82, 2.24) is 24.3 Å². The van der Waals surface area contributed by atoms with E-state index in [1.54, 1.807) is 29.1 Å². The molecule has 2 aliphatic rings. The maximum absolute atomic E-state index is 12.1. The van der Waals surface area contributed by atoms with E-state index in [-0.39, 0.29) is 16.8 Å². The van der Waals surface area contributed by atoms with E-state index in [4.69, 9.17) is 16.3 Å². The highest BCUT2D eigenvalue weighted by Crippen LogP contribution is 2.23. The van der Waals surface area contributed by atoms with E-state index < -0.39 is 5.97 Å². The maximum atomic E-state index is 12.1. The number of H-pyrrole nitrogens is 1. The molecule has 0 saturated carbocycles. The van der Waals surface area contributed by atoms with Gasteiger partial charge in [0.2, 0.25) is 0 Å². The number of hydrogen-bond acceptors (Lipinski definition) is 5. The highest BCUT2D eigenvalue weighted by Gasteiger charge is 2.22. The summed E-state index contributed by atoms with van der Waals surface area (Å²) in [5.41, 5.74) is 2.16. The lowest BCUT2D eigenvalue weighted by molar-refractivity contribution is 0.0600. The van der Waals surface area contributed by atoms with Crippen molar-refractivity contribution in [2.24, 2.45) is 7.05 Å². The van der Waals surface area contributed by atoms with Gasteiger partial charge < -0.3 is 13.9 Å². The number of nitrogens with zero attached hydrogens (tertiary/aromatic N) is 4. The molecule has 2 aliphatic heterocycles. The molecule has 0 radical (unpaired) electrons. The number of carbonyl (C=O) groups excluding carboxylic acids is 1. The lowest BCUT2D eigenvalue weighted by Gasteiger charge is -2.11. The summed E-state index contributed by atoms with van der Waals surface area (Å²) in [4.78, 5) is 28.6. The molecule has 2 aromatic rings. The van der Waals surface area contributed by atoms with Gasteiger partial charge in [0.1, 0.15) is 17.1 Å². The van der Waals surface area contributed by atoms with E-state index in [1.807, 2.05) is 17.7 Å². The van der Waals surface area contributed by atoms with Crippen LogP contribution in [-0.2, 0) is 18.3 Å². The van der Waals surface area contributed by atoms with Gasteiger partial charge in [-0.25, -0.2) is 14.9 Å². The number of esters is 1. The molecule has 4 rings (SSSR count). The number of fused-ring (bicyclic) bond motifs is 2. The number of methoxy groups -OCH3 is 1. The molecular formula is C17H14ClN5O3. The van der Waals surface area contributed by atoms with Crippen LogP contribution >= 0.6 is 11.6 Å². The molecule has 1 aromatic heterocycles. The SMILES string of the molecule is COC(=O)c1cn(Cc2nc3cc(Cl)ccc3n2C)cc2c(=O)[nH]nc1-2. The van der Waals surface area contributed by atoms with Crippen LogP contribution in [0.15, 0.2) is 35.4 Å². The van der Waals surface area contributed by atoms with Crippen molar-refractivity contribution in [3.05, 3.63) is 57.4 Å². The van der Waals surface area contributed by atoms with Gasteiger partial charge in [-0.15, -0.1) is 0 Å². The average Bonchev–Trinajstić information content (AvgIpc) is 3.14. The van der Waals surface area contributed by atoms with Gasteiger partial charge in [-0.1, -0.05) is 11.6 Å². The third-order valence-electron chi connectivity index (χ3n) is 4.28. The van der Waals surface area contributed by atoms with Crippen LogP contribution in [0.1, 0.15) is 16.2 Å². The molecule has 0 fully saturated rings. The third kappa shape index (κ3) is 2.55. The van der Waals surface area contributed by atoms with E-state index in [9.17, 15) is 9.59 Å². The molecule has 0 aliphatic carbocycles. The van der Waals surface area contributed by atoms with Crippen LogP contribution in [0.4, 0.5) is 0 Å². The Kier molecular flexibility index (Phi) is 3.77.